The Morgan fingerprint density at radius 1 is 0.907 bits per heavy atom. The van der Waals surface area contributed by atoms with Gasteiger partial charge in [0.15, 0.2) is 5.78 Å². The van der Waals surface area contributed by atoms with Crippen molar-refractivity contribution in [3.05, 3.63) is 94.1 Å². The number of Topliss-reactive ketones (excluding diaryl/α,β-unsaturated/α-hetero) is 1. The summed E-state index contributed by atoms with van der Waals surface area (Å²) >= 11 is 0. The molecule has 5 N–H and O–H groups in total. The van der Waals surface area contributed by atoms with Crippen molar-refractivity contribution in [3.8, 4) is 0 Å². The number of hydrogen-bond acceptors (Lipinski definition) is 12. The third-order valence-corrected chi connectivity index (χ3v) is 7.00. The number of anilines is 3. The molecule has 0 saturated carbocycles. The molecule has 5 rings (SSSR count). The van der Waals surface area contributed by atoms with Crippen molar-refractivity contribution in [2.45, 2.75) is 0 Å². The Hall–Kier alpha value is -3.60. The van der Waals surface area contributed by atoms with Gasteiger partial charge in [0.1, 0.15) is 21.4 Å². The van der Waals surface area contributed by atoms with Crippen LogP contribution < -0.4 is 80.8 Å². The van der Waals surface area contributed by atoms with E-state index in [0.717, 1.165) is 18.2 Å². The van der Waals surface area contributed by atoms with Gasteiger partial charge in [-0.2, -0.15) is 10.2 Å². The molecule has 2 aliphatic rings. The largest absolute Gasteiger partial charge is 1.00 e. The molecular weight excluding hydrogens is 600 g/mol. The van der Waals surface area contributed by atoms with Crippen LogP contribution in [0.4, 0.5) is 17.1 Å². The van der Waals surface area contributed by atoms with Crippen LogP contribution in [0.5, 0.6) is 0 Å². The van der Waals surface area contributed by atoms with Gasteiger partial charge in [-0.3, -0.25) is 20.4 Å². The fourth-order valence-electron chi connectivity index (χ4n) is 4.22. The Morgan fingerprint density at radius 3 is 2.09 bits per heavy atom. The van der Waals surface area contributed by atoms with Gasteiger partial charge in [0.05, 0.1) is 22.0 Å². The van der Waals surface area contributed by atoms with Crippen LogP contribution >= 0.6 is 0 Å². The van der Waals surface area contributed by atoms with Crippen LogP contribution in [-0.2, 0) is 19.7 Å². The number of hydrazone groups is 2. The zero-order valence-corrected chi connectivity index (χ0v) is 27.4. The second-order valence-corrected chi connectivity index (χ2v) is 10.1. The van der Waals surface area contributed by atoms with E-state index in [1.54, 1.807) is 24.3 Å². The zero-order valence-electron chi connectivity index (χ0n) is 22.6. The summed E-state index contributed by atoms with van der Waals surface area (Å²) in [5.41, 5.74) is 10.5. The van der Waals surface area contributed by atoms with Gasteiger partial charge in [-0.1, -0.05) is 36.1 Å². The minimum absolute atomic E-state index is 0. The van der Waals surface area contributed by atoms with E-state index < -0.39 is 49.6 Å². The molecule has 3 aromatic rings. The third-order valence-electron chi connectivity index (χ3n) is 6.15. The third kappa shape index (κ3) is 6.82. The van der Waals surface area contributed by atoms with E-state index in [1.165, 1.54) is 30.3 Å². The average Bonchev–Trinajstić information content (AvgIpc) is 2.92. The van der Waals surface area contributed by atoms with E-state index in [4.69, 9.17) is 10.8 Å². The summed E-state index contributed by atoms with van der Waals surface area (Å²) in [7, 11) is -5.08. The van der Waals surface area contributed by atoms with E-state index in [-0.39, 0.29) is 81.6 Å². The van der Waals surface area contributed by atoms with Crippen LogP contribution in [-0.4, -0.2) is 47.0 Å². The molecule has 0 spiro atoms. The Balaban J connectivity index is 0.00000253. The zero-order chi connectivity index (χ0) is 29.5. The quantitative estimate of drug-likeness (QED) is 0.0516. The summed E-state index contributed by atoms with van der Waals surface area (Å²) in [4.78, 5) is 35.3. The molecule has 0 aromatic heterocycles. The van der Waals surface area contributed by atoms with Gasteiger partial charge in [-0.25, -0.2) is 13.2 Å². The maximum absolute atomic E-state index is 13.1. The molecule has 16 heteroatoms. The number of nitrogens with two attached hydrogens (primary N) is 1. The van der Waals surface area contributed by atoms with Crippen molar-refractivity contribution in [3.63, 3.8) is 0 Å². The van der Waals surface area contributed by atoms with Crippen molar-refractivity contribution >= 4 is 73.0 Å². The van der Waals surface area contributed by atoms with E-state index in [0.29, 0.717) is 22.1 Å². The van der Waals surface area contributed by atoms with Crippen LogP contribution in [0.15, 0.2) is 93.2 Å². The first-order valence-electron chi connectivity index (χ1n) is 11.6. The van der Waals surface area contributed by atoms with Crippen molar-refractivity contribution < 1.29 is 96.7 Å². The van der Waals surface area contributed by atoms with Gasteiger partial charge in [0.25, 0.3) is 0 Å². The Bertz CT molecular complexity index is 1970. The average molecular weight is 618 g/mol. The molecule has 0 heterocycles. The molecule has 0 bridgehead atoms. The monoisotopic (exact) mass is 617 g/mol. The number of aliphatic carboxylic acids is 1. The number of hydrogen-bond donors (Lipinski definition) is 4. The van der Waals surface area contributed by atoms with Gasteiger partial charge >= 0.3 is 65.1 Å². The van der Waals surface area contributed by atoms with Gasteiger partial charge in [-0.05, 0) is 48.1 Å². The fourth-order valence-corrected chi connectivity index (χ4v) is 4.86. The second kappa shape index (κ2) is 13.4. The summed E-state index contributed by atoms with van der Waals surface area (Å²) in [5, 5.41) is 30.5. The predicted molar refractivity (Wildman–Crippen MR) is 148 cm³/mol. The number of benzene rings is 3. The number of rotatable bonds is 6. The number of carboxylic acids is 1. The van der Waals surface area contributed by atoms with Gasteiger partial charge in [0, 0.05) is 22.0 Å². The Morgan fingerprint density at radius 2 is 1.51 bits per heavy atom. The van der Waals surface area contributed by atoms with Gasteiger partial charge < -0.3 is 20.5 Å². The van der Waals surface area contributed by atoms with E-state index in [1.807, 2.05) is 0 Å². The van der Waals surface area contributed by atoms with Crippen LogP contribution in [0, 0.1) is 0 Å². The predicted octanol–water partition coefficient (Wildman–Crippen LogP) is -4.41. The molecule has 0 amide bonds. The SMILES string of the molecule is Nc1ccc2c(c1)C(=O)/C(=N/Nc1ccc(N/N=C3\C=CC(=O)C(C(=O)O)=C3[O-])c3ccccc13)C(S(=O)(=O)[O-])=C2.[Na+].[Na+]. The molecule has 0 aliphatic heterocycles. The number of carbonyl (C=O) groups is 3. The molecule has 0 fully saturated rings. The molecule has 13 nitrogen and oxygen atoms in total. The fraction of sp³-hybridized carbons (Fsp3) is 0. The normalized spacial score (nSPS) is 16.3. The number of allylic oxidation sites excluding steroid dienone is 3. The maximum Gasteiger partial charge on any atom is 1.00 e. The minimum atomic E-state index is -5.08. The summed E-state index contributed by atoms with van der Waals surface area (Å²) < 4.78 is 35.9. The smallest absolute Gasteiger partial charge is 0.870 e. The number of ketones is 2. The Labute approximate surface area is 288 Å². The van der Waals surface area contributed by atoms with Crippen molar-refractivity contribution in [1.29, 1.82) is 0 Å². The van der Waals surface area contributed by atoms with Crippen LogP contribution in [0.2, 0.25) is 0 Å². The van der Waals surface area contributed by atoms with Gasteiger partial charge in [-0.15, -0.1) is 0 Å². The second-order valence-electron chi connectivity index (χ2n) is 8.73. The molecule has 0 saturated heterocycles. The molecule has 0 radical (unpaired) electrons. The topological polar surface area (TPSA) is 226 Å². The van der Waals surface area contributed by atoms with Crippen molar-refractivity contribution in [2.24, 2.45) is 10.2 Å². The summed E-state index contributed by atoms with van der Waals surface area (Å²) in [6.07, 6.45) is 3.09. The van der Waals surface area contributed by atoms with Crippen LogP contribution in [0.25, 0.3) is 16.8 Å². The molecule has 206 valence electrons. The molecule has 3 aromatic carbocycles. The molecule has 0 unspecified atom stereocenters. The number of nitrogens with one attached hydrogen (secondary N) is 2. The van der Waals surface area contributed by atoms with E-state index >= 15 is 0 Å². The van der Waals surface area contributed by atoms with E-state index in [9.17, 15) is 32.5 Å². The molecule has 2 aliphatic carbocycles. The number of carboxylic acid groups (broad SMARTS) is 1. The molecule has 43 heavy (non-hydrogen) atoms. The number of nitrogens with zero attached hydrogens (tertiary/aromatic N) is 2. The number of nitrogen functional groups attached to an aromatic ring is 1. The first-order chi connectivity index (χ1) is 19.5. The summed E-state index contributed by atoms with van der Waals surface area (Å²) in [6.45, 7) is 0. The first kappa shape index (κ1) is 33.9. The van der Waals surface area contributed by atoms with E-state index in [2.05, 4.69) is 21.1 Å². The molecular formula is C27H17N5Na2O8S. The molecule has 0 atom stereocenters. The Kier molecular flexibility index (Phi) is 10.5. The van der Waals surface area contributed by atoms with Crippen LogP contribution in [0.1, 0.15) is 15.9 Å². The van der Waals surface area contributed by atoms with Crippen molar-refractivity contribution in [2.75, 3.05) is 16.6 Å². The first-order valence-corrected chi connectivity index (χ1v) is 13.0. The summed E-state index contributed by atoms with van der Waals surface area (Å²) in [6, 6.07) is 14.0. The van der Waals surface area contributed by atoms with Gasteiger partial charge in [0.2, 0.25) is 5.78 Å². The summed E-state index contributed by atoms with van der Waals surface area (Å²) in [5.74, 6) is -4.45. The number of fused-ring (bicyclic) bond motifs is 2. The van der Waals surface area contributed by atoms with Crippen LogP contribution in [0.3, 0.4) is 0 Å². The maximum atomic E-state index is 13.1. The van der Waals surface area contributed by atoms with Crippen molar-refractivity contribution in [1.82, 2.24) is 0 Å². The minimum Gasteiger partial charge on any atom is -0.870 e. The standard InChI is InChI=1S/C27H19N5O8S.2Na/c28-14-6-5-13-11-22(41(38,39)40)24(25(34)17(13)12-14)32-30-19-8-7-18(15-3-1-2-4-16(15)19)29-31-20-9-10-21(33)23(26(20)35)27(36)37;;/h1-12,29-30,35H,28H2,(H,36,37)(H,38,39,40);;/q;2*+1/p-2/b31-20+,32-24+;;. The number of carbonyl (C=O) groups excluding carboxylic acids is 2.